The Bertz CT molecular complexity index is 3220. The highest BCUT2D eigenvalue weighted by molar-refractivity contribution is 7.95. The smallest absolute Gasteiger partial charge is 0.291 e. The van der Waals surface area contributed by atoms with Gasteiger partial charge in [0, 0.05) is 19.5 Å². The molecule has 4 aliphatic heterocycles. The lowest BCUT2D eigenvalue weighted by Crippen LogP contribution is -2.31. The molecular formula is C50H39FN2O12S2. The van der Waals surface area contributed by atoms with Crippen LogP contribution in [0.2, 0.25) is 0 Å². The van der Waals surface area contributed by atoms with E-state index in [2.05, 4.69) is 0 Å². The first kappa shape index (κ1) is 43.3. The molecule has 6 aromatic carbocycles. The van der Waals surface area contributed by atoms with Crippen LogP contribution in [0, 0.1) is 5.82 Å². The highest BCUT2D eigenvalue weighted by Gasteiger charge is 2.49. The van der Waals surface area contributed by atoms with E-state index in [1.54, 1.807) is 97.1 Å². The minimum Gasteiger partial charge on any atom is -0.502 e. The van der Waals surface area contributed by atoms with Gasteiger partial charge in [-0.2, -0.15) is 0 Å². The zero-order valence-corrected chi connectivity index (χ0v) is 36.9. The van der Waals surface area contributed by atoms with E-state index in [0.29, 0.717) is 50.8 Å². The molecule has 17 heteroatoms. The van der Waals surface area contributed by atoms with Crippen LogP contribution >= 0.6 is 0 Å². The number of aliphatic hydroxyl groups is 1. The first-order valence-corrected chi connectivity index (χ1v) is 24.0. The second-order valence-corrected chi connectivity index (χ2v) is 19.8. The van der Waals surface area contributed by atoms with Gasteiger partial charge in [0.1, 0.15) is 15.6 Å². The highest BCUT2D eigenvalue weighted by Crippen LogP contribution is 2.47. The third-order valence-corrected chi connectivity index (χ3v) is 15.6. The Morgan fingerprint density at radius 3 is 1.54 bits per heavy atom. The van der Waals surface area contributed by atoms with Crippen molar-refractivity contribution in [1.29, 1.82) is 0 Å². The van der Waals surface area contributed by atoms with E-state index in [1.165, 1.54) is 58.3 Å². The van der Waals surface area contributed by atoms with Crippen LogP contribution < -0.4 is 18.9 Å². The second-order valence-electron chi connectivity index (χ2n) is 16.0. The molecule has 10 rings (SSSR count). The van der Waals surface area contributed by atoms with Crippen LogP contribution in [0.1, 0.15) is 39.9 Å². The maximum Gasteiger partial charge on any atom is 0.291 e. The topological polar surface area (TPSA) is 175 Å². The largest absolute Gasteiger partial charge is 0.502 e. The average molecular weight is 943 g/mol. The van der Waals surface area contributed by atoms with E-state index >= 15 is 0 Å². The molecule has 0 bridgehead atoms. The molecule has 2 amide bonds. The van der Waals surface area contributed by atoms with Crippen molar-refractivity contribution >= 4 is 31.5 Å². The Hall–Kier alpha value is -7.63. The molecule has 0 aliphatic carbocycles. The average Bonchev–Trinajstić information content (AvgIpc) is 4.13. The number of carbonyl (C=O) groups excluding carboxylic acids is 2. The molecule has 4 heterocycles. The Balaban J connectivity index is 0.967. The number of amides is 2. The van der Waals surface area contributed by atoms with Crippen LogP contribution in [0.15, 0.2) is 177 Å². The third-order valence-electron chi connectivity index (χ3n) is 11.9. The van der Waals surface area contributed by atoms with Crippen LogP contribution in [-0.2, 0) is 53.5 Å². The minimum absolute atomic E-state index is 0.0280. The zero-order valence-electron chi connectivity index (χ0n) is 35.3. The molecule has 2 unspecified atom stereocenters. The van der Waals surface area contributed by atoms with Crippen molar-refractivity contribution in [1.82, 2.24) is 9.80 Å². The quantitative estimate of drug-likeness (QED) is 0.113. The van der Waals surface area contributed by atoms with Gasteiger partial charge in [-0.15, -0.1) is 0 Å². The summed E-state index contributed by atoms with van der Waals surface area (Å²) in [5, 5.41) is 11.3. The van der Waals surface area contributed by atoms with E-state index in [1.807, 2.05) is 0 Å². The van der Waals surface area contributed by atoms with Crippen molar-refractivity contribution in [2.24, 2.45) is 0 Å². The van der Waals surface area contributed by atoms with Gasteiger partial charge in [0.25, 0.3) is 11.8 Å². The molecule has 4 aliphatic rings. The number of ether oxygens (including phenoxy) is 5. The van der Waals surface area contributed by atoms with Crippen LogP contribution in [-0.4, -0.2) is 63.7 Å². The summed E-state index contributed by atoms with van der Waals surface area (Å²) in [6.45, 7) is -0.270. The Morgan fingerprint density at radius 2 is 1.00 bits per heavy atom. The van der Waals surface area contributed by atoms with E-state index in [9.17, 15) is 35.9 Å². The van der Waals surface area contributed by atoms with Gasteiger partial charge >= 0.3 is 0 Å². The number of benzene rings is 6. The number of sulfone groups is 2. The molecule has 67 heavy (non-hydrogen) atoms. The van der Waals surface area contributed by atoms with Gasteiger partial charge in [-0.25, -0.2) is 21.2 Å². The molecule has 0 saturated heterocycles. The second kappa shape index (κ2) is 17.3. The number of hydrogen-bond acceptors (Lipinski definition) is 12. The van der Waals surface area contributed by atoms with Crippen LogP contribution in [0.4, 0.5) is 4.39 Å². The number of nitrogens with zero attached hydrogens (tertiary/aromatic N) is 2. The standard InChI is InChI=1S/C50H39FN2O12S2/c51-36-19-17-35(18-20-36)44-48(67(59,60)38-9-5-2-6-10-38)46(50(56)53(44)28-33-14-22-40-42(26-33)65-30-63-40)61-24-23-31-11-15-34(16-12-31)43-47(66(57,58)37-7-3-1-4-8-37)45(54)49(55)52(43)27-32-13-21-39-41(25-32)64-29-62-39/h1-22,25-26,43-44,54H,23-24,27-30H2. The van der Waals surface area contributed by atoms with Crippen molar-refractivity contribution in [3.05, 3.63) is 201 Å². The summed E-state index contributed by atoms with van der Waals surface area (Å²) in [5.41, 5.74) is 2.59. The van der Waals surface area contributed by atoms with Crippen LogP contribution in [0.3, 0.4) is 0 Å². The van der Waals surface area contributed by atoms with Gasteiger partial charge in [-0.3, -0.25) is 9.59 Å². The summed E-state index contributed by atoms with van der Waals surface area (Å²) in [7, 11) is -8.82. The summed E-state index contributed by atoms with van der Waals surface area (Å²) in [6, 6.07) is 34.9. The van der Waals surface area contributed by atoms with E-state index in [4.69, 9.17) is 23.7 Å². The fraction of sp³-hybridized carbons (Fsp3) is 0.160. The first-order chi connectivity index (χ1) is 32.4. The lowest BCUT2D eigenvalue weighted by atomic mass is 10.0. The maximum atomic E-state index is 14.7. The van der Waals surface area contributed by atoms with Gasteiger partial charge in [-0.1, -0.05) is 84.9 Å². The monoisotopic (exact) mass is 942 g/mol. The molecule has 6 aromatic rings. The molecule has 0 aromatic heterocycles. The first-order valence-electron chi connectivity index (χ1n) is 21.0. The van der Waals surface area contributed by atoms with Gasteiger partial charge in [0.15, 0.2) is 28.8 Å². The number of aliphatic hydroxyl groups excluding tert-OH is 1. The van der Waals surface area contributed by atoms with Gasteiger partial charge < -0.3 is 38.6 Å². The van der Waals surface area contributed by atoms with Crippen molar-refractivity contribution in [3.8, 4) is 23.0 Å². The van der Waals surface area contributed by atoms with E-state index in [-0.39, 0.29) is 54.4 Å². The van der Waals surface area contributed by atoms with Crippen LogP contribution in [0.5, 0.6) is 23.0 Å². The van der Waals surface area contributed by atoms with Crippen LogP contribution in [0.25, 0.3) is 0 Å². The Kier molecular flexibility index (Phi) is 11.2. The molecule has 0 saturated carbocycles. The van der Waals surface area contributed by atoms with E-state index in [0.717, 1.165) is 0 Å². The summed E-state index contributed by atoms with van der Waals surface area (Å²) in [6.07, 6.45) is 0.153. The van der Waals surface area contributed by atoms with Crippen molar-refractivity contribution in [3.63, 3.8) is 0 Å². The molecule has 0 radical (unpaired) electrons. The third kappa shape index (κ3) is 7.99. The summed E-state index contributed by atoms with van der Waals surface area (Å²) in [5.74, 6) is -1.44. The summed E-state index contributed by atoms with van der Waals surface area (Å²) < 4.78 is 100. The minimum atomic E-state index is -4.42. The molecule has 340 valence electrons. The predicted molar refractivity (Wildman–Crippen MR) is 238 cm³/mol. The normalized spacial score (nSPS) is 17.8. The SMILES string of the molecule is O=C1C(O)=C(S(=O)(=O)c2ccccc2)C(c2ccc(CCOC3=C(S(=O)(=O)c4ccccc4)C(c4ccc(F)cc4)N(Cc4ccc5c(c4)OCO5)C3=O)cc2)N1Cc1ccc2c(c1)OCO2. The molecule has 1 N–H and O–H groups in total. The predicted octanol–water partition coefficient (Wildman–Crippen LogP) is 7.64. The molecule has 0 fully saturated rings. The Morgan fingerprint density at radius 1 is 0.552 bits per heavy atom. The molecular weight excluding hydrogens is 904 g/mol. The van der Waals surface area contributed by atoms with E-state index < -0.39 is 65.8 Å². The van der Waals surface area contributed by atoms with Gasteiger partial charge in [-0.05, 0) is 88.5 Å². The summed E-state index contributed by atoms with van der Waals surface area (Å²) >= 11 is 0. The highest BCUT2D eigenvalue weighted by atomic mass is 32.2. The van der Waals surface area contributed by atoms with Crippen molar-refractivity contribution < 1.29 is 59.6 Å². The number of halogens is 1. The number of carbonyl (C=O) groups is 2. The molecule has 14 nitrogen and oxygen atoms in total. The van der Waals surface area contributed by atoms with Gasteiger partial charge in [0.2, 0.25) is 39.0 Å². The van der Waals surface area contributed by atoms with Crippen molar-refractivity contribution in [2.75, 3.05) is 20.2 Å². The van der Waals surface area contributed by atoms with Gasteiger partial charge in [0.05, 0.1) is 28.5 Å². The lowest BCUT2D eigenvalue weighted by Gasteiger charge is -2.27. The maximum absolute atomic E-state index is 14.7. The molecule has 2 atom stereocenters. The Labute approximate surface area is 384 Å². The fourth-order valence-electron chi connectivity index (χ4n) is 8.62. The number of rotatable bonds is 14. The number of hydrogen-bond donors (Lipinski definition) is 1. The zero-order chi connectivity index (χ0) is 46.5. The fourth-order valence-corrected chi connectivity index (χ4v) is 12.0. The molecule has 0 spiro atoms. The summed E-state index contributed by atoms with van der Waals surface area (Å²) in [4.78, 5) is 30.2. The lowest BCUT2D eigenvalue weighted by molar-refractivity contribution is -0.131. The number of fused-ring (bicyclic) bond motifs is 2. The van der Waals surface area contributed by atoms with Crippen molar-refractivity contribution in [2.45, 2.75) is 41.4 Å².